The summed E-state index contributed by atoms with van der Waals surface area (Å²) in [6, 6.07) is 7.33. The molecule has 2 aromatic rings. The van der Waals surface area contributed by atoms with E-state index in [0.717, 1.165) is 6.42 Å². The number of benzene rings is 1. The number of rotatable bonds is 7. The summed E-state index contributed by atoms with van der Waals surface area (Å²) in [4.78, 5) is 37.3. The third-order valence-electron chi connectivity index (χ3n) is 4.93. The fourth-order valence-corrected chi connectivity index (χ4v) is 3.15. The highest BCUT2D eigenvalue weighted by molar-refractivity contribution is 6.00. The highest BCUT2D eigenvalue weighted by Gasteiger charge is 2.38. The van der Waals surface area contributed by atoms with Crippen molar-refractivity contribution in [3.8, 4) is 0 Å². The van der Waals surface area contributed by atoms with Gasteiger partial charge < -0.3 is 15.0 Å². The summed E-state index contributed by atoms with van der Waals surface area (Å²) in [5, 5.41) is 11.5. The molecule has 142 valence electrons. The Morgan fingerprint density at radius 2 is 2.04 bits per heavy atom. The molecule has 2 N–H and O–H groups in total. The zero-order valence-corrected chi connectivity index (χ0v) is 14.9. The Hall–Kier alpha value is -2.80. The van der Waals surface area contributed by atoms with Crippen LogP contribution in [-0.4, -0.2) is 35.0 Å². The van der Waals surface area contributed by atoms with Gasteiger partial charge in [-0.2, -0.15) is 0 Å². The maximum Gasteiger partial charge on any atom is 0.263 e. The summed E-state index contributed by atoms with van der Waals surface area (Å²) in [6.07, 6.45) is 2.41. The predicted octanol–water partition coefficient (Wildman–Crippen LogP) is 1.60. The van der Waals surface area contributed by atoms with Gasteiger partial charge in [0.2, 0.25) is 0 Å². The van der Waals surface area contributed by atoms with Crippen LogP contribution >= 0.6 is 0 Å². The molecule has 27 heavy (non-hydrogen) atoms. The first-order valence-corrected chi connectivity index (χ1v) is 8.78. The van der Waals surface area contributed by atoms with Crippen molar-refractivity contribution < 1.29 is 19.1 Å². The lowest BCUT2D eigenvalue weighted by atomic mass is 10.0. The number of aliphatic hydroxyl groups excluding tert-OH is 1. The lowest BCUT2D eigenvalue weighted by Gasteiger charge is -2.12. The fourth-order valence-electron chi connectivity index (χ4n) is 3.15. The maximum absolute atomic E-state index is 14.0. The Morgan fingerprint density at radius 1 is 1.30 bits per heavy atom. The minimum absolute atomic E-state index is 0.0498. The maximum atomic E-state index is 14.0. The van der Waals surface area contributed by atoms with Gasteiger partial charge in [-0.15, -0.1) is 0 Å². The summed E-state index contributed by atoms with van der Waals surface area (Å²) in [6.45, 7) is -0.0342. The molecule has 0 aliphatic heterocycles. The van der Waals surface area contributed by atoms with E-state index in [0.29, 0.717) is 0 Å². The summed E-state index contributed by atoms with van der Waals surface area (Å²) >= 11 is 0. The average Bonchev–Trinajstić information content (AvgIpc) is 3.42. The summed E-state index contributed by atoms with van der Waals surface area (Å²) < 4.78 is 15.2. The number of carbonyl (C=O) groups is 2. The number of carbonyl (C=O) groups excluding carboxylic acids is 2. The minimum Gasteiger partial charge on any atom is -0.396 e. The van der Waals surface area contributed by atoms with Crippen LogP contribution in [0.25, 0.3) is 0 Å². The van der Waals surface area contributed by atoms with E-state index in [1.807, 2.05) is 0 Å². The van der Waals surface area contributed by atoms with Crippen molar-refractivity contribution in [1.29, 1.82) is 0 Å². The quantitative estimate of drug-likeness (QED) is 0.723. The van der Waals surface area contributed by atoms with Crippen LogP contribution in [0.4, 0.5) is 4.39 Å². The number of halogens is 1. The Bertz CT molecular complexity index is 938. The second-order valence-corrected chi connectivity index (χ2v) is 6.81. The zero-order valence-electron chi connectivity index (χ0n) is 14.9. The molecule has 0 spiro atoms. The Balaban J connectivity index is 1.96. The molecular formula is C20H21FN2O4. The first-order chi connectivity index (χ1) is 12.9. The lowest BCUT2D eigenvalue weighted by Crippen LogP contribution is -2.32. The number of nitrogens with one attached hydrogen (secondary N) is 1. The molecule has 3 rings (SSSR count). The van der Waals surface area contributed by atoms with Crippen molar-refractivity contribution in [3.05, 3.63) is 69.4 Å². The number of nitrogens with zero attached hydrogens (tertiary/aromatic N) is 1. The molecule has 6 nitrogen and oxygen atoms in total. The van der Waals surface area contributed by atoms with E-state index in [9.17, 15) is 18.8 Å². The third-order valence-corrected chi connectivity index (χ3v) is 4.93. The molecule has 1 heterocycles. The number of amides is 1. The monoisotopic (exact) mass is 372 g/mol. The first-order valence-electron chi connectivity index (χ1n) is 8.78. The van der Waals surface area contributed by atoms with E-state index < -0.39 is 17.3 Å². The van der Waals surface area contributed by atoms with Gasteiger partial charge in [0.1, 0.15) is 11.4 Å². The van der Waals surface area contributed by atoms with Gasteiger partial charge in [0.15, 0.2) is 5.78 Å². The number of pyridine rings is 1. The van der Waals surface area contributed by atoms with E-state index in [1.165, 1.54) is 29.9 Å². The molecule has 0 bridgehead atoms. The van der Waals surface area contributed by atoms with E-state index in [-0.39, 0.29) is 53.9 Å². The molecule has 1 fully saturated rings. The number of Topliss-reactive ketones (excluding diaryl/α,β-unsaturated/α-hetero) is 1. The first kappa shape index (κ1) is 19.0. The van der Waals surface area contributed by atoms with Gasteiger partial charge >= 0.3 is 0 Å². The van der Waals surface area contributed by atoms with Crippen LogP contribution in [0.1, 0.15) is 39.1 Å². The lowest BCUT2D eigenvalue weighted by molar-refractivity contribution is 0.0961. The standard InChI is InChI=1S/C20H21FN2O4/c1-22-19(26)16-7-14(18(25)8-13-6-15(13)11-24)10-23(20(16)27)9-12-4-2-3-5-17(12)21/h2-5,7,10,13,15,24H,6,8-9,11H2,1H3,(H,22,26)/t13-,15-/m0/s1. The van der Waals surface area contributed by atoms with E-state index in [2.05, 4.69) is 5.32 Å². The molecule has 0 unspecified atom stereocenters. The normalized spacial score (nSPS) is 18.2. The number of hydrogen-bond donors (Lipinski definition) is 2. The second-order valence-electron chi connectivity index (χ2n) is 6.81. The van der Waals surface area contributed by atoms with Crippen LogP contribution < -0.4 is 10.9 Å². The zero-order chi connectivity index (χ0) is 19.6. The van der Waals surface area contributed by atoms with E-state index in [4.69, 9.17) is 5.11 Å². The number of ketones is 1. The van der Waals surface area contributed by atoms with Crippen molar-refractivity contribution in [1.82, 2.24) is 9.88 Å². The molecule has 1 aliphatic carbocycles. The Labute approximate surface area is 155 Å². The van der Waals surface area contributed by atoms with Gasteiger partial charge in [-0.05, 0) is 30.4 Å². The summed E-state index contributed by atoms with van der Waals surface area (Å²) in [7, 11) is 1.40. The van der Waals surface area contributed by atoms with E-state index >= 15 is 0 Å². The molecule has 1 aromatic carbocycles. The Kier molecular flexibility index (Phi) is 5.51. The summed E-state index contributed by atoms with van der Waals surface area (Å²) in [5.41, 5.74) is -0.231. The van der Waals surface area contributed by atoms with Gasteiger partial charge in [0, 0.05) is 37.4 Å². The molecule has 1 saturated carbocycles. The molecule has 7 heteroatoms. The van der Waals surface area contributed by atoms with Crippen molar-refractivity contribution in [3.63, 3.8) is 0 Å². The van der Waals surface area contributed by atoms with Crippen LogP contribution in [0.15, 0.2) is 41.3 Å². The summed E-state index contributed by atoms with van der Waals surface area (Å²) in [5.74, 6) is -1.01. The van der Waals surface area contributed by atoms with Crippen LogP contribution in [0.5, 0.6) is 0 Å². The highest BCUT2D eigenvalue weighted by atomic mass is 19.1. The Morgan fingerprint density at radius 3 is 2.67 bits per heavy atom. The number of aromatic nitrogens is 1. The van der Waals surface area contributed by atoms with E-state index in [1.54, 1.807) is 18.2 Å². The molecule has 2 atom stereocenters. The largest absolute Gasteiger partial charge is 0.396 e. The molecule has 0 radical (unpaired) electrons. The van der Waals surface area contributed by atoms with Crippen molar-refractivity contribution in [2.45, 2.75) is 19.4 Å². The van der Waals surface area contributed by atoms with Crippen molar-refractivity contribution >= 4 is 11.7 Å². The smallest absolute Gasteiger partial charge is 0.263 e. The fraction of sp³-hybridized carbons (Fsp3) is 0.350. The van der Waals surface area contributed by atoms with Crippen LogP contribution in [0.3, 0.4) is 0 Å². The molecule has 1 aromatic heterocycles. The SMILES string of the molecule is CNC(=O)c1cc(C(=O)C[C@@H]2C[C@H]2CO)cn(Cc2ccccc2F)c1=O. The molecular weight excluding hydrogens is 351 g/mol. The third kappa shape index (κ3) is 4.14. The highest BCUT2D eigenvalue weighted by Crippen LogP contribution is 2.41. The number of hydrogen-bond acceptors (Lipinski definition) is 4. The second kappa shape index (κ2) is 7.84. The van der Waals surface area contributed by atoms with Crippen LogP contribution in [0.2, 0.25) is 0 Å². The molecule has 0 saturated heterocycles. The average molecular weight is 372 g/mol. The molecule has 1 aliphatic rings. The van der Waals surface area contributed by atoms with Crippen LogP contribution in [0, 0.1) is 17.7 Å². The molecule has 1 amide bonds. The predicted molar refractivity (Wildman–Crippen MR) is 97.2 cm³/mol. The number of aliphatic hydroxyl groups is 1. The van der Waals surface area contributed by atoms with Gasteiger partial charge in [0.05, 0.1) is 6.54 Å². The van der Waals surface area contributed by atoms with Crippen LogP contribution in [-0.2, 0) is 6.54 Å². The minimum atomic E-state index is -0.600. The van der Waals surface area contributed by atoms with Crippen molar-refractivity contribution in [2.24, 2.45) is 11.8 Å². The topological polar surface area (TPSA) is 88.4 Å². The van der Waals surface area contributed by atoms with Gasteiger partial charge in [-0.25, -0.2) is 4.39 Å². The van der Waals surface area contributed by atoms with Gasteiger partial charge in [-0.1, -0.05) is 18.2 Å². The van der Waals surface area contributed by atoms with Crippen molar-refractivity contribution in [2.75, 3.05) is 13.7 Å². The van der Waals surface area contributed by atoms with Gasteiger partial charge in [0.25, 0.3) is 11.5 Å². The van der Waals surface area contributed by atoms with Gasteiger partial charge in [-0.3, -0.25) is 14.4 Å².